The molecule has 0 spiro atoms. The van der Waals surface area contributed by atoms with E-state index in [9.17, 15) is 9.18 Å². The third-order valence-electron chi connectivity index (χ3n) is 5.35. The van der Waals surface area contributed by atoms with E-state index in [-0.39, 0.29) is 18.2 Å². The van der Waals surface area contributed by atoms with Crippen molar-refractivity contribution in [1.82, 2.24) is 5.16 Å². The van der Waals surface area contributed by atoms with Gasteiger partial charge < -0.3 is 9.84 Å². The predicted molar refractivity (Wildman–Crippen MR) is 119 cm³/mol. The molecule has 1 amide bonds. The van der Waals surface area contributed by atoms with Crippen LogP contribution >= 0.6 is 0 Å². The molecule has 4 rings (SSSR count). The lowest BCUT2D eigenvalue weighted by atomic mass is 9.88. The van der Waals surface area contributed by atoms with Crippen molar-refractivity contribution >= 4 is 11.6 Å². The van der Waals surface area contributed by atoms with Crippen molar-refractivity contribution in [3.8, 4) is 11.1 Å². The van der Waals surface area contributed by atoms with Gasteiger partial charge in [0.25, 0.3) is 0 Å². The molecule has 0 aliphatic heterocycles. The Kier molecular flexibility index (Phi) is 5.94. The highest BCUT2D eigenvalue weighted by Gasteiger charge is 2.19. The molecular formula is C26H23FN2O2. The summed E-state index contributed by atoms with van der Waals surface area (Å²) in [5, 5.41) is 6.72. The van der Waals surface area contributed by atoms with Crippen molar-refractivity contribution in [1.29, 1.82) is 0 Å². The smallest absolute Gasteiger partial charge is 0.225 e. The summed E-state index contributed by atoms with van der Waals surface area (Å²) in [6.07, 6.45) is 0.251. The number of carbonyl (C=O) groups is 1. The van der Waals surface area contributed by atoms with Crippen LogP contribution in [0.1, 0.15) is 34.9 Å². The molecule has 5 heteroatoms. The lowest BCUT2D eigenvalue weighted by Gasteiger charge is -2.18. The zero-order valence-electron chi connectivity index (χ0n) is 17.4. The van der Waals surface area contributed by atoms with Crippen LogP contribution in [0.25, 0.3) is 11.1 Å². The fourth-order valence-electron chi connectivity index (χ4n) is 3.86. The largest absolute Gasteiger partial charge is 0.361 e. The zero-order chi connectivity index (χ0) is 21.8. The molecule has 0 radical (unpaired) electrons. The number of halogens is 1. The minimum atomic E-state index is -0.435. The average Bonchev–Trinajstić information content (AvgIpc) is 3.11. The number of anilines is 1. The van der Waals surface area contributed by atoms with Crippen LogP contribution in [0.5, 0.6) is 0 Å². The van der Waals surface area contributed by atoms with Gasteiger partial charge in [-0.2, -0.15) is 0 Å². The van der Waals surface area contributed by atoms with Crippen LogP contribution in [0.4, 0.5) is 10.1 Å². The number of benzene rings is 3. The second kappa shape index (κ2) is 8.96. The van der Waals surface area contributed by atoms with Crippen molar-refractivity contribution in [3.63, 3.8) is 0 Å². The average molecular weight is 414 g/mol. The van der Waals surface area contributed by atoms with Gasteiger partial charge in [0.05, 0.1) is 11.3 Å². The summed E-state index contributed by atoms with van der Waals surface area (Å²) in [7, 11) is 0. The van der Waals surface area contributed by atoms with E-state index in [1.807, 2.05) is 60.7 Å². The van der Waals surface area contributed by atoms with Gasteiger partial charge in [-0.25, -0.2) is 4.39 Å². The molecule has 1 heterocycles. The molecule has 31 heavy (non-hydrogen) atoms. The minimum Gasteiger partial charge on any atom is -0.361 e. The molecule has 0 saturated carbocycles. The molecule has 0 bridgehead atoms. The zero-order valence-corrected chi connectivity index (χ0v) is 17.4. The monoisotopic (exact) mass is 414 g/mol. The number of nitrogens with zero attached hydrogens (tertiary/aromatic N) is 1. The third-order valence-corrected chi connectivity index (χ3v) is 5.35. The van der Waals surface area contributed by atoms with Gasteiger partial charge in [0, 0.05) is 23.6 Å². The van der Waals surface area contributed by atoms with Crippen molar-refractivity contribution in [2.45, 2.75) is 26.2 Å². The molecule has 0 aliphatic rings. The first-order valence-electron chi connectivity index (χ1n) is 10.2. The van der Waals surface area contributed by atoms with E-state index in [4.69, 9.17) is 4.52 Å². The van der Waals surface area contributed by atoms with E-state index >= 15 is 0 Å². The lowest BCUT2D eigenvalue weighted by Crippen LogP contribution is -2.16. The molecule has 0 atom stereocenters. The van der Waals surface area contributed by atoms with Gasteiger partial charge in [-0.3, -0.25) is 4.79 Å². The Hall–Kier alpha value is -3.73. The van der Waals surface area contributed by atoms with Gasteiger partial charge in [0.2, 0.25) is 5.91 Å². The molecule has 3 aromatic carbocycles. The molecule has 4 aromatic rings. The Labute approximate surface area is 180 Å². The molecule has 0 unspecified atom stereocenters. The molecule has 4 nitrogen and oxygen atoms in total. The lowest BCUT2D eigenvalue weighted by molar-refractivity contribution is -0.116. The second-order valence-corrected chi connectivity index (χ2v) is 7.52. The molecule has 0 saturated heterocycles. The molecular weight excluding hydrogens is 391 g/mol. The van der Waals surface area contributed by atoms with Crippen LogP contribution < -0.4 is 5.32 Å². The minimum absolute atomic E-state index is 0.0891. The first kappa shape index (κ1) is 20.5. The molecule has 0 fully saturated rings. The number of amides is 1. The SMILES string of the molecule is Cc1noc(C)c1-c1ccc(NC(=O)CC(c2ccccc2)c2ccccc2)cc1F. The molecule has 0 aliphatic carbocycles. The third kappa shape index (κ3) is 4.56. The number of aromatic nitrogens is 1. The summed E-state index contributed by atoms with van der Waals surface area (Å²) in [4.78, 5) is 12.8. The highest BCUT2D eigenvalue weighted by molar-refractivity contribution is 5.92. The maximum atomic E-state index is 14.8. The number of aryl methyl sites for hydroxylation is 2. The number of nitrogens with one attached hydrogen (secondary N) is 1. The fraction of sp³-hybridized carbons (Fsp3) is 0.154. The second-order valence-electron chi connectivity index (χ2n) is 7.52. The highest BCUT2D eigenvalue weighted by atomic mass is 19.1. The number of carbonyl (C=O) groups excluding carboxylic acids is 1. The fourth-order valence-corrected chi connectivity index (χ4v) is 3.86. The predicted octanol–water partition coefficient (Wildman–Crippen LogP) is 6.26. The summed E-state index contributed by atoms with van der Waals surface area (Å²) in [5.41, 5.74) is 4.21. The maximum Gasteiger partial charge on any atom is 0.225 e. The van der Waals surface area contributed by atoms with Crippen LogP contribution in [0, 0.1) is 19.7 Å². The normalized spacial score (nSPS) is 11.0. The van der Waals surface area contributed by atoms with Gasteiger partial charge in [0.15, 0.2) is 0 Å². The first-order valence-corrected chi connectivity index (χ1v) is 10.2. The van der Waals surface area contributed by atoms with E-state index in [1.165, 1.54) is 6.07 Å². The summed E-state index contributed by atoms with van der Waals surface area (Å²) in [6.45, 7) is 3.52. The summed E-state index contributed by atoms with van der Waals surface area (Å²) >= 11 is 0. The highest BCUT2D eigenvalue weighted by Crippen LogP contribution is 2.31. The summed E-state index contributed by atoms with van der Waals surface area (Å²) in [6, 6.07) is 24.5. The van der Waals surface area contributed by atoms with Crippen molar-refractivity contribution in [3.05, 3.63) is 107 Å². The van der Waals surface area contributed by atoms with Crippen LogP contribution in [0.3, 0.4) is 0 Å². The van der Waals surface area contributed by atoms with Gasteiger partial charge in [-0.05, 0) is 43.2 Å². The molecule has 156 valence electrons. The van der Waals surface area contributed by atoms with E-state index in [1.54, 1.807) is 26.0 Å². The topological polar surface area (TPSA) is 55.1 Å². The number of rotatable bonds is 6. The summed E-state index contributed by atoms with van der Waals surface area (Å²) < 4.78 is 19.9. The van der Waals surface area contributed by atoms with Crippen LogP contribution in [0.2, 0.25) is 0 Å². The molecule has 1 N–H and O–H groups in total. The van der Waals surface area contributed by atoms with Crippen molar-refractivity contribution < 1.29 is 13.7 Å². The van der Waals surface area contributed by atoms with Crippen molar-refractivity contribution in [2.75, 3.05) is 5.32 Å². The summed E-state index contributed by atoms with van der Waals surface area (Å²) in [5.74, 6) is -0.146. The van der Waals surface area contributed by atoms with E-state index in [0.29, 0.717) is 28.3 Å². The quantitative estimate of drug-likeness (QED) is 0.405. The Morgan fingerprint density at radius 2 is 1.58 bits per heavy atom. The van der Waals surface area contributed by atoms with Gasteiger partial charge in [0.1, 0.15) is 11.6 Å². The van der Waals surface area contributed by atoms with Crippen molar-refractivity contribution in [2.24, 2.45) is 0 Å². The number of hydrogen-bond acceptors (Lipinski definition) is 3. The maximum absolute atomic E-state index is 14.8. The standard InChI is InChI=1S/C26H23FN2O2/c1-17-26(18(2)31-29-17)22-14-13-21(15-24(22)27)28-25(30)16-23(19-9-5-3-6-10-19)20-11-7-4-8-12-20/h3-15,23H,16H2,1-2H3,(H,28,30). The molecule has 1 aromatic heterocycles. The van der Waals surface area contributed by atoms with Gasteiger partial charge in [-0.1, -0.05) is 65.8 Å². The van der Waals surface area contributed by atoms with Crippen LogP contribution in [0.15, 0.2) is 83.4 Å². The van der Waals surface area contributed by atoms with Gasteiger partial charge >= 0.3 is 0 Å². The Morgan fingerprint density at radius 3 is 2.10 bits per heavy atom. The first-order chi connectivity index (χ1) is 15.0. The Balaban J connectivity index is 1.54. The van der Waals surface area contributed by atoms with Crippen LogP contribution in [-0.2, 0) is 4.79 Å². The number of hydrogen-bond donors (Lipinski definition) is 1. The van der Waals surface area contributed by atoms with Crippen LogP contribution in [-0.4, -0.2) is 11.1 Å². The van der Waals surface area contributed by atoms with E-state index in [2.05, 4.69) is 10.5 Å². The van der Waals surface area contributed by atoms with E-state index < -0.39 is 5.82 Å². The Morgan fingerprint density at radius 1 is 0.968 bits per heavy atom. The van der Waals surface area contributed by atoms with Gasteiger partial charge in [-0.15, -0.1) is 0 Å². The van der Waals surface area contributed by atoms with E-state index in [0.717, 1.165) is 11.1 Å². The Bertz CT molecular complexity index is 1130.